The molecule has 1 heterocycles. The Morgan fingerprint density at radius 2 is 1.79 bits per heavy atom. The van der Waals surface area contributed by atoms with Crippen molar-refractivity contribution in [1.82, 2.24) is 9.97 Å². The fourth-order valence-electron chi connectivity index (χ4n) is 2.44. The Hall–Kier alpha value is -2.76. The van der Waals surface area contributed by atoms with E-state index in [-0.39, 0.29) is 0 Å². The zero-order chi connectivity index (χ0) is 16.9. The predicted molar refractivity (Wildman–Crippen MR) is 89.7 cm³/mol. The van der Waals surface area contributed by atoms with Gasteiger partial charge >= 0.3 is 0 Å². The summed E-state index contributed by atoms with van der Waals surface area (Å²) in [7, 11) is 1.62. The SMILES string of the molecule is COc1ccc(CCNc2nc(C(F)F)nc3ccccc23)cc1. The number of nitrogens with one attached hydrogen (secondary N) is 1. The van der Waals surface area contributed by atoms with Gasteiger partial charge < -0.3 is 10.1 Å². The molecule has 1 aromatic heterocycles. The van der Waals surface area contributed by atoms with Crippen molar-refractivity contribution in [3.8, 4) is 5.75 Å². The van der Waals surface area contributed by atoms with Crippen molar-refractivity contribution >= 4 is 16.7 Å². The number of alkyl halides is 2. The minimum absolute atomic E-state index is 0.435. The maximum Gasteiger partial charge on any atom is 0.297 e. The first kappa shape index (κ1) is 16.1. The van der Waals surface area contributed by atoms with Crippen molar-refractivity contribution in [1.29, 1.82) is 0 Å². The first-order chi connectivity index (χ1) is 11.7. The van der Waals surface area contributed by atoms with E-state index in [2.05, 4.69) is 15.3 Å². The quantitative estimate of drug-likeness (QED) is 0.735. The topological polar surface area (TPSA) is 47.0 Å². The van der Waals surface area contributed by atoms with E-state index in [0.29, 0.717) is 17.9 Å². The van der Waals surface area contributed by atoms with Gasteiger partial charge in [0.15, 0.2) is 5.82 Å². The fraction of sp³-hybridized carbons (Fsp3) is 0.222. The van der Waals surface area contributed by atoms with Gasteiger partial charge in [-0.15, -0.1) is 0 Å². The number of rotatable bonds is 6. The number of fused-ring (bicyclic) bond motifs is 1. The van der Waals surface area contributed by atoms with Crippen LogP contribution in [0.1, 0.15) is 17.8 Å². The molecule has 0 aliphatic heterocycles. The summed E-state index contributed by atoms with van der Waals surface area (Å²) in [6.45, 7) is 0.579. The number of benzene rings is 2. The minimum Gasteiger partial charge on any atom is -0.497 e. The third kappa shape index (κ3) is 3.59. The monoisotopic (exact) mass is 329 g/mol. The van der Waals surface area contributed by atoms with E-state index in [9.17, 15) is 8.78 Å². The lowest BCUT2D eigenvalue weighted by Gasteiger charge is -2.11. The summed E-state index contributed by atoms with van der Waals surface area (Å²) in [5, 5.41) is 3.88. The molecule has 24 heavy (non-hydrogen) atoms. The second-order valence-corrected chi connectivity index (χ2v) is 5.27. The maximum atomic E-state index is 13.0. The second-order valence-electron chi connectivity index (χ2n) is 5.27. The van der Waals surface area contributed by atoms with Crippen LogP contribution >= 0.6 is 0 Å². The third-order valence-corrected chi connectivity index (χ3v) is 3.68. The summed E-state index contributed by atoms with van der Waals surface area (Å²) < 4.78 is 31.1. The Labute approximate surface area is 138 Å². The molecule has 0 saturated carbocycles. The van der Waals surface area contributed by atoms with Gasteiger partial charge in [0.05, 0.1) is 12.6 Å². The van der Waals surface area contributed by atoms with Crippen LogP contribution in [0.2, 0.25) is 0 Å². The summed E-state index contributed by atoms with van der Waals surface area (Å²) in [6.07, 6.45) is -1.96. The summed E-state index contributed by atoms with van der Waals surface area (Å²) in [5.74, 6) is 0.778. The Bertz CT molecular complexity index is 822. The highest BCUT2D eigenvalue weighted by molar-refractivity contribution is 5.89. The van der Waals surface area contributed by atoms with Gasteiger partial charge in [0, 0.05) is 11.9 Å². The average Bonchev–Trinajstić information content (AvgIpc) is 2.62. The molecule has 0 radical (unpaired) electrons. The molecule has 6 heteroatoms. The number of anilines is 1. The van der Waals surface area contributed by atoms with Crippen LogP contribution in [0.3, 0.4) is 0 Å². The normalized spacial score (nSPS) is 11.0. The molecule has 0 saturated heterocycles. The van der Waals surface area contributed by atoms with E-state index < -0.39 is 12.2 Å². The van der Waals surface area contributed by atoms with Crippen LogP contribution in [0.4, 0.5) is 14.6 Å². The van der Waals surface area contributed by atoms with Gasteiger partial charge in [-0.2, -0.15) is 0 Å². The van der Waals surface area contributed by atoms with Crippen LogP contribution in [-0.2, 0) is 6.42 Å². The molecule has 3 aromatic rings. The zero-order valence-corrected chi connectivity index (χ0v) is 13.2. The molecule has 124 valence electrons. The lowest BCUT2D eigenvalue weighted by Crippen LogP contribution is -2.09. The lowest BCUT2D eigenvalue weighted by molar-refractivity contribution is 0.141. The van der Waals surface area contributed by atoms with E-state index in [1.807, 2.05) is 36.4 Å². The number of methoxy groups -OCH3 is 1. The molecular formula is C18H17F2N3O. The van der Waals surface area contributed by atoms with Crippen molar-refractivity contribution in [3.05, 3.63) is 59.9 Å². The second kappa shape index (κ2) is 7.21. The van der Waals surface area contributed by atoms with E-state index in [1.165, 1.54) is 0 Å². The smallest absolute Gasteiger partial charge is 0.297 e. The fourth-order valence-corrected chi connectivity index (χ4v) is 2.44. The van der Waals surface area contributed by atoms with Gasteiger partial charge in [0.25, 0.3) is 6.43 Å². The van der Waals surface area contributed by atoms with E-state index >= 15 is 0 Å². The Morgan fingerprint density at radius 3 is 2.50 bits per heavy atom. The number of nitrogens with zero attached hydrogens (tertiary/aromatic N) is 2. The highest BCUT2D eigenvalue weighted by atomic mass is 19.3. The van der Waals surface area contributed by atoms with Gasteiger partial charge in [0.2, 0.25) is 0 Å². The van der Waals surface area contributed by atoms with Crippen LogP contribution in [-0.4, -0.2) is 23.6 Å². The first-order valence-corrected chi connectivity index (χ1v) is 7.59. The van der Waals surface area contributed by atoms with Gasteiger partial charge in [0.1, 0.15) is 11.6 Å². The van der Waals surface area contributed by atoms with Gasteiger partial charge in [-0.3, -0.25) is 0 Å². The Kier molecular flexibility index (Phi) is 4.84. The van der Waals surface area contributed by atoms with Crippen molar-refractivity contribution in [2.75, 3.05) is 19.0 Å². The largest absolute Gasteiger partial charge is 0.497 e. The lowest BCUT2D eigenvalue weighted by atomic mass is 10.1. The summed E-state index contributed by atoms with van der Waals surface area (Å²) in [4.78, 5) is 7.87. The highest BCUT2D eigenvalue weighted by Gasteiger charge is 2.14. The zero-order valence-electron chi connectivity index (χ0n) is 13.2. The molecule has 0 atom stereocenters. The molecule has 0 unspecified atom stereocenters. The molecule has 0 aliphatic carbocycles. The Balaban J connectivity index is 1.76. The third-order valence-electron chi connectivity index (χ3n) is 3.68. The van der Waals surface area contributed by atoms with Gasteiger partial charge in [-0.05, 0) is 36.2 Å². The number of hydrogen-bond donors (Lipinski definition) is 1. The van der Waals surface area contributed by atoms with Crippen LogP contribution in [0.25, 0.3) is 10.9 Å². The van der Waals surface area contributed by atoms with Crippen LogP contribution < -0.4 is 10.1 Å². The van der Waals surface area contributed by atoms with Crippen molar-refractivity contribution in [3.63, 3.8) is 0 Å². The summed E-state index contributed by atoms with van der Waals surface area (Å²) >= 11 is 0. The molecule has 0 aliphatic rings. The molecule has 0 bridgehead atoms. The van der Waals surface area contributed by atoms with Crippen molar-refractivity contribution < 1.29 is 13.5 Å². The average molecular weight is 329 g/mol. The van der Waals surface area contributed by atoms with Crippen molar-refractivity contribution in [2.45, 2.75) is 12.8 Å². The molecule has 2 aromatic carbocycles. The summed E-state index contributed by atoms with van der Waals surface area (Å²) in [6, 6.07) is 14.9. The number of hydrogen-bond acceptors (Lipinski definition) is 4. The minimum atomic E-state index is -2.70. The molecule has 1 N–H and O–H groups in total. The standard InChI is InChI=1S/C18H17F2N3O/c1-24-13-8-6-12(7-9-13)10-11-21-17-14-4-2-3-5-15(14)22-18(23-17)16(19)20/h2-9,16H,10-11H2,1H3,(H,21,22,23). The number of halogens is 2. The van der Waals surface area contributed by atoms with Crippen LogP contribution in [0.5, 0.6) is 5.75 Å². The maximum absolute atomic E-state index is 13.0. The molecular weight excluding hydrogens is 312 g/mol. The molecule has 4 nitrogen and oxygen atoms in total. The number of ether oxygens (including phenoxy) is 1. The highest BCUT2D eigenvalue weighted by Crippen LogP contribution is 2.24. The molecule has 0 spiro atoms. The van der Waals surface area contributed by atoms with Crippen LogP contribution in [0.15, 0.2) is 48.5 Å². The molecule has 0 fully saturated rings. The predicted octanol–water partition coefficient (Wildman–Crippen LogP) is 4.23. The number of para-hydroxylation sites is 1. The Morgan fingerprint density at radius 1 is 1.04 bits per heavy atom. The van der Waals surface area contributed by atoms with Crippen molar-refractivity contribution in [2.24, 2.45) is 0 Å². The van der Waals surface area contributed by atoms with E-state index in [1.54, 1.807) is 19.2 Å². The van der Waals surface area contributed by atoms with E-state index in [0.717, 1.165) is 23.1 Å². The molecule has 0 amide bonds. The van der Waals surface area contributed by atoms with Gasteiger partial charge in [-0.1, -0.05) is 24.3 Å². The summed E-state index contributed by atoms with van der Waals surface area (Å²) in [5.41, 5.74) is 1.63. The van der Waals surface area contributed by atoms with E-state index in [4.69, 9.17) is 4.74 Å². The van der Waals surface area contributed by atoms with Crippen LogP contribution in [0, 0.1) is 0 Å². The molecule has 3 rings (SSSR count). The number of aromatic nitrogens is 2. The van der Waals surface area contributed by atoms with Gasteiger partial charge in [-0.25, -0.2) is 18.7 Å². The first-order valence-electron chi connectivity index (χ1n) is 7.59.